The molecular weight excluding hydrogens is 134 g/mol. The van der Waals surface area contributed by atoms with Gasteiger partial charge in [-0.2, -0.15) is 0 Å². The van der Waals surface area contributed by atoms with Gasteiger partial charge in [-0.05, 0) is 23.5 Å². The van der Waals surface area contributed by atoms with Gasteiger partial charge in [0.25, 0.3) is 0 Å². The molecule has 56 valence electrons. The van der Waals surface area contributed by atoms with Crippen LogP contribution >= 0.6 is 0 Å². The molecule has 0 aromatic heterocycles. The van der Waals surface area contributed by atoms with Crippen LogP contribution in [0, 0.1) is 0 Å². The van der Waals surface area contributed by atoms with Crippen molar-refractivity contribution >= 4 is 0 Å². The molecular formula is C10H11N. The number of fused-ring (bicyclic) bond motifs is 5. The third kappa shape index (κ3) is 0.641. The Bertz CT molecular complexity index is 264. The lowest BCUT2D eigenvalue weighted by molar-refractivity contribution is 0.650. The SMILES string of the molecule is c1ccc2c(c1)[C@H]1CN[C@H]2C1. The summed E-state index contributed by atoms with van der Waals surface area (Å²) in [5.41, 5.74) is 3.14. The number of nitrogens with one attached hydrogen (secondary N) is 1. The van der Waals surface area contributed by atoms with Crippen LogP contribution < -0.4 is 5.32 Å². The molecule has 2 bridgehead atoms. The minimum Gasteiger partial charge on any atom is -0.309 e. The molecule has 1 fully saturated rings. The van der Waals surface area contributed by atoms with Gasteiger partial charge in [0, 0.05) is 12.6 Å². The summed E-state index contributed by atoms with van der Waals surface area (Å²) < 4.78 is 0. The zero-order valence-corrected chi connectivity index (χ0v) is 6.38. The molecule has 2 aliphatic rings. The summed E-state index contributed by atoms with van der Waals surface area (Å²) in [5, 5.41) is 3.51. The smallest absolute Gasteiger partial charge is 0.0329 e. The first-order chi connectivity index (χ1) is 5.45. The van der Waals surface area contributed by atoms with Crippen molar-refractivity contribution in [1.82, 2.24) is 5.32 Å². The van der Waals surface area contributed by atoms with Crippen LogP contribution in [0.15, 0.2) is 24.3 Å². The van der Waals surface area contributed by atoms with Gasteiger partial charge in [-0.1, -0.05) is 24.3 Å². The summed E-state index contributed by atoms with van der Waals surface area (Å²) in [6.07, 6.45) is 1.33. The predicted molar refractivity (Wildman–Crippen MR) is 44.5 cm³/mol. The number of hydrogen-bond donors (Lipinski definition) is 1. The summed E-state index contributed by atoms with van der Waals surface area (Å²) in [4.78, 5) is 0. The molecule has 1 N–H and O–H groups in total. The van der Waals surface area contributed by atoms with E-state index in [-0.39, 0.29) is 0 Å². The van der Waals surface area contributed by atoms with Crippen molar-refractivity contribution in [3.05, 3.63) is 35.4 Å². The van der Waals surface area contributed by atoms with E-state index >= 15 is 0 Å². The fourth-order valence-electron chi connectivity index (χ4n) is 2.41. The summed E-state index contributed by atoms with van der Waals surface area (Å²) >= 11 is 0. The quantitative estimate of drug-likeness (QED) is 0.587. The fourth-order valence-corrected chi connectivity index (χ4v) is 2.41. The molecule has 11 heavy (non-hydrogen) atoms. The lowest BCUT2D eigenvalue weighted by Crippen LogP contribution is -2.19. The standard InChI is InChI=1S/C10H11N/c1-2-4-9-8(3-1)7-5-10(9)11-6-7/h1-4,7,10-11H,5-6H2/t7-,10+/m1/s1. The normalized spacial score (nSPS) is 32.4. The van der Waals surface area contributed by atoms with Crippen molar-refractivity contribution in [3.63, 3.8) is 0 Å². The number of benzene rings is 1. The Hall–Kier alpha value is -0.820. The molecule has 1 nitrogen and oxygen atoms in total. The average molecular weight is 145 g/mol. The third-order valence-corrected chi connectivity index (χ3v) is 2.94. The number of hydrogen-bond acceptors (Lipinski definition) is 1. The van der Waals surface area contributed by atoms with Gasteiger partial charge in [0.2, 0.25) is 0 Å². The van der Waals surface area contributed by atoms with Crippen LogP contribution in [0.5, 0.6) is 0 Å². The molecule has 1 heterocycles. The second-order valence-corrected chi connectivity index (χ2v) is 3.52. The summed E-state index contributed by atoms with van der Waals surface area (Å²) in [6, 6.07) is 9.50. The molecule has 3 rings (SSSR count). The highest BCUT2D eigenvalue weighted by atomic mass is 15.0. The minimum atomic E-state index is 0.677. The van der Waals surface area contributed by atoms with Crippen LogP contribution in [0.1, 0.15) is 29.5 Å². The van der Waals surface area contributed by atoms with Crippen LogP contribution in [0.4, 0.5) is 0 Å². The molecule has 0 spiro atoms. The molecule has 0 unspecified atom stereocenters. The highest BCUT2D eigenvalue weighted by Crippen LogP contribution is 2.44. The van der Waals surface area contributed by atoms with Gasteiger partial charge in [0.05, 0.1) is 0 Å². The first kappa shape index (κ1) is 5.78. The van der Waals surface area contributed by atoms with Gasteiger partial charge in [0.15, 0.2) is 0 Å². The van der Waals surface area contributed by atoms with E-state index in [1.807, 2.05) is 0 Å². The van der Waals surface area contributed by atoms with Gasteiger partial charge in [-0.15, -0.1) is 0 Å². The van der Waals surface area contributed by atoms with Crippen LogP contribution in [0.25, 0.3) is 0 Å². The van der Waals surface area contributed by atoms with Gasteiger partial charge in [0.1, 0.15) is 0 Å². The van der Waals surface area contributed by atoms with E-state index in [1.54, 1.807) is 11.1 Å². The maximum atomic E-state index is 3.51. The Morgan fingerprint density at radius 2 is 2.00 bits per heavy atom. The molecule has 2 atom stereocenters. The topological polar surface area (TPSA) is 12.0 Å². The Balaban J connectivity index is 2.23. The van der Waals surface area contributed by atoms with Gasteiger partial charge < -0.3 is 5.32 Å². The third-order valence-electron chi connectivity index (χ3n) is 2.94. The molecule has 0 amide bonds. The van der Waals surface area contributed by atoms with Crippen molar-refractivity contribution in [2.45, 2.75) is 18.4 Å². The van der Waals surface area contributed by atoms with E-state index in [0.29, 0.717) is 6.04 Å². The van der Waals surface area contributed by atoms with Crippen molar-refractivity contribution in [3.8, 4) is 0 Å². The van der Waals surface area contributed by atoms with Crippen LogP contribution in [-0.2, 0) is 0 Å². The average Bonchev–Trinajstić information content (AvgIpc) is 2.64. The predicted octanol–water partition coefficient (Wildman–Crippen LogP) is 1.82. The van der Waals surface area contributed by atoms with Crippen molar-refractivity contribution in [1.29, 1.82) is 0 Å². The monoisotopic (exact) mass is 145 g/mol. The zero-order valence-electron chi connectivity index (χ0n) is 6.38. The van der Waals surface area contributed by atoms with Crippen molar-refractivity contribution in [2.75, 3.05) is 6.54 Å². The van der Waals surface area contributed by atoms with E-state index in [2.05, 4.69) is 29.6 Å². The molecule has 1 aliphatic carbocycles. The van der Waals surface area contributed by atoms with Crippen LogP contribution in [-0.4, -0.2) is 6.54 Å². The first-order valence-electron chi connectivity index (χ1n) is 4.27. The van der Waals surface area contributed by atoms with Gasteiger partial charge >= 0.3 is 0 Å². The minimum absolute atomic E-state index is 0.677. The van der Waals surface area contributed by atoms with Crippen LogP contribution in [0.2, 0.25) is 0 Å². The molecule has 0 radical (unpaired) electrons. The van der Waals surface area contributed by atoms with E-state index in [1.165, 1.54) is 13.0 Å². The molecule has 1 aromatic carbocycles. The van der Waals surface area contributed by atoms with Crippen molar-refractivity contribution in [2.24, 2.45) is 0 Å². The Labute approximate surface area is 66.4 Å². The molecule has 1 saturated heterocycles. The lowest BCUT2D eigenvalue weighted by atomic mass is 10.0. The Kier molecular flexibility index (Phi) is 0.977. The Morgan fingerprint density at radius 1 is 1.18 bits per heavy atom. The summed E-state index contributed by atoms with van der Waals surface area (Å²) in [7, 11) is 0. The molecule has 0 saturated carbocycles. The second kappa shape index (κ2) is 1.86. The lowest BCUT2D eigenvalue weighted by Gasteiger charge is -2.15. The van der Waals surface area contributed by atoms with E-state index in [9.17, 15) is 0 Å². The molecule has 1 aliphatic heterocycles. The zero-order chi connectivity index (χ0) is 7.26. The first-order valence-corrected chi connectivity index (χ1v) is 4.27. The Morgan fingerprint density at radius 3 is 2.82 bits per heavy atom. The summed E-state index contributed by atoms with van der Waals surface area (Å²) in [5.74, 6) is 0.816. The van der Waals surface area contributed by atoms with Gasteiger partial charge in [-0.3, -0.25) is 0 Å². The van der Waals surface area contributed by atoms with E-state index in [0.717, 1.165) is 5.92 Å². The maximum absolute atomic E-state index is 3.51. The van der Waals surface area contributed by atoms with Gasteiger partial charge in [-0.25, -0.2) is 0 Å². The number of rotatable bonds is 0. The fraction of sp³-hybridized carbons (Fsp3) is 0.400. The largest absolute Gasteiger partial charge is 0.309 e. The summed E-state index contributed by atoms with van der Waals surface area (Å²) in [6.45, 7) is 1.20. The second-order valence-electron chi connectivity index (χ2n) is 3.52. The van der Waals surface area contributed by atoms with Crippen LogP contribution in [0.3, 0.4) is 0 Å². The van der Waals surface area contributed by atoms with E-state index in [4.69, 9.17) is 0 Å². The van der Waals surface area contributed by atoms with Crippen molar-refractivity contribution < 1.29 is 0 Å². The van der Waals surface area contributed by atoms with E-state index < -0.39 is 0 Å². The maximum Gasteiger partial charge on any atom is 0.0329 e. The highest BCUT2D eigenvalue weighted by molar-refractivity contribution is 5.40. The molecule has 1 heteroatoms. The molecule has 1 aromatic rings. The highest BCUT2D eigenvalue weighted by Gasteiger charge is 2.35.